The topological polar surface area (TPSA) is 72.2 Å². The van der Waals surface area contributed by atoms with Gasteiger partial charge < -0.3 is 5.32 Å². The molecule has 10 heteroatoms. The first kappa shape index (κ1) is 20.7. The van der Waals surface area contributed by atoms with E-state index in [1.165, 1.54) is 43.0 Å². The number of hydrogen-bond donors (Lipinski definition) is 1. The molecule has 27 heavy (non-hydrogen) atoms. The lowest BCUT2D eigenvalue weighted by molar-refractivity contribution is -0.385. The van der Waals surface area contributed by atoms with Gasteiger partial charge in [0.15, 0.2) is 0 Å². The van der Waals surface area contributed by atoms with E-state index in [0.29, 0.717) is 11.0 Å². The Balaban J connectivity index is 2.09. The molecule has 5 nitrogen and oxygen atoms in total. The van der Waals surface area contributed by atoms with Gasteiger partial charge in [0.05, 0.1) is 16.2 Å². The average Bonchev–Trinajstić information content (AvgIpc) is 2.60. The maximum Gasteiger partial charge on any atom is 0.418 e. The van der Waals surface area contributed by atoms with Gasteiger partial charge in [0.2, 0.25) is 5.91 Å². The predicted octanol–water partition coefficient (Wildman–Crippen LogP) is 5.12. The molecule has 0 aliphatic rings. The number of amides is 1. The van der Waals surface area contributed by atoms with E-state index in [1.807, 2.05) is 0 Å². The van der Waals surface area contributed by atoms with Crippen molar-refractivity contribution in [3.63, 3.8) is 0 Å². The highest BCUT2D eigenvalue weighted by Crippen LogP contribution is 2.37. The average molecular weight is 402 g/mol. The molecule has 0 saturated carbocycles. The van der Waals surface area contributed by atoms with E-state index < -0.39 is 45.7 Å². The van der Waals surface area contributed by atoms with Crippen molar-refractivity contribution in [1.29, 1.82) is 0 Å². The number of nitrogens with zero attached hydrogens (tertiary/aromatic N) is 1. The largest absolute Gasteiger partial charge is 0.418 e. The van der Waals surface area contributed by atoms with Gasteiger partial charge >= 0.3 is 6.18 Å². The zero-order valence-corrected chi connectivity index (χ0v) is 14.7. The minimum atomic E-state index is -4.86. The van der Waals surface area contributed by atoms with Crippen molar-refractivity contribution in [3.05, 3.63) is 64.0 Å². The third-order valence-corrected chi connectivity index (χ3v) is 4.81. The molecule has 1 unspecified atom stereocenters. The van der Waals surface area contributed by atoms with E-state index in [2.05, 4.69) is 5.32 Å². The predicted molar refractivity (Wildman–Crippen MR) is 93.0 cm³/mol. The van der Waals surface area contributed by atoms with Crippen LogP contribution in [0.2, 0.25) is 0 Å². The third kappa shape index (κ3) is 5.68. The molecule has 0 saturated heterocycles. The normalized spacial score (nSPS) is 12.5. The van der Waals surface area contributed by atoms with Crippen LogP contribution < -0.4 is 5.32 Å². The highest BCUT2D eigenvalue weighted by Gasteiger charge is 2.36. The molecule has 2 aromatic rings. The highest BCUT2D eigenvalue weighted by atomic mass is 32.2. The summed E-state index contributed by atoms with van der Waals surface area (Å²) in [5.41, 5.74) is -2.56. The van der Waals surface area contributed by atoms with Crippen molar-refractivity contribution >= 4 is 29.0 Å². The first-order valence-electron chi connectivity index (χ1n) is 7.63. The van der Waals surface area contributed by atoms with Crippen molar-refractivity contribution in [3.8, 4) is 0 Å². The minimum absolute atomic E-state index is 0.256. The van der Waals surface area contributed by atoms with Gasteiger partial charge in [-0.1, -0.05) is 6.92 Å². The lowest BCUT2D eigenvalue weighted by Crippen LogP contribution is -2.24. The molecular formula is C17H14F4N2O3S. The van der Waals surface area contributed by atoms with Crippen molar-refractivity contribution in [2.75, 3.05) is 11.1 Å². The summed E-state index contributed by atoms with van der Waals surface area (Å²) in [5, 5.41) is 12.9. The van der Waals surface area contributed by atoms with Crippen LogP contribution in [0.15, 0.2) is 47.4 Å². The molecule has 0 aliphatic carbocycles. The second-order valence-corrected chi connectivity index (χ2v) is 6.73. The SMILES string of the molecule is CC(CSc1ccc(F)cc1)C(=O)Nc1ccc([N+](=O)[O-])cc1C(F)(F)F. The molecule has 0 bridgehead atoms. The number of rotatable bonds is 6. The number of nitrogens with one attached hydrogen (secondary N) is 1. The van der Waals surface area contributed by atoms with E-state index in [9.17, 15) is 32.5 Å². The van der Waals surface area contributed by atoms with E-state index in [0.717, 1.165) is 12.1 Å². The molecule has 0 spiro atoms. The van der Waals surface area contributed by atoms with Crippen LogP contribution in [-0.4, -0.2) is 16.6 Å². The van der Waals surface area contributed by atoms with Crippen LogP contribution in [0.25, 0.3) is 0 Å². The number of carbonyl (C=O) groups excluding carboxylic acids is 1. The Morgan fingerprint density at radius 2 is 1.85 bits per heavy atom. The molecule has 1 amide bonds. The molecule has 2 rings (SSSR count). The van der Waals surface area contributed by atoms with Gasteiger partial charge in [0.25, 0.3) is 5.69 Å². The van der Waals surface area contributed by atoms with Crippen LogP contribution in [0.3, 0.4) is 0 Å². The molecule has 0 aromatic heterocycles. The summed E-state index contributed by atoms with van der Waals surface area (Å²) in [4.78, 5) is 22.7. The van der Waals surface area contributed by atoms with Gasteiger partial charge in [0, 0.05) is 28.7 Å². The molecule has 0 heterocycles. The summed E-state index contributed by atoms with van der Waals surface area (Å²) in [5.74, 6) is -1.46. The number of benzene rings is 2. The number of halogens is 4. The maximum absolute atomic E-state index is 13.1. The lowest BCUT2D eigenvalue weighted by atomic mass is 10.1. The van der Waals surface area contributed by atoms with Gasteiger partial charge in [-0.2, -0.15) is 13.2 Å². The number of thioether (sulfide) groups is 1. The Bertz CT molecular complexity index is 841. The molecule has 1 N–H and O–H groups in total. The molecule has 0 radical (unpaired) electrons. The molecule has 0 fully saturated rings. The summed E-state index contributed by atoms with van der Waals surface area (Å²) in [7, 11) is 0. The van der Waals surface area contributed by atoms with Crippen molar-refractivity contribution in [1.82, 2.24) is 0 Å². The Morgan fingerprint density at radius 3 is 2.41 bits per heavy atom. The number of non-ortho nitro benzene ring substituents is 1. The van der Waals surface area contributed by atoms with E-state index >= 15 is 0 Å². The molecule has 1 atom stereocenters. The van der Waals surface area contributed by atoms with E-state index in [1.54, 1.807) is 0 Å². The summed E-state index contributed by atoms with van der Waals surface area (Å²) >= 11 is 1.25. The molecular weight excluding hydrogens is 388 g/mol. The van der Waals surface area contributed by atoms with Gasteiger partial charge in [0.1, 0.15) is 5.82 Å². The van der Waals surface area contributed by atoms with E-state index in [-0.39, 0.29) is 5.75 Å². The first-order chi connectivity index (χ1) is 12.6. The molecule has 2 aromatic carbocycles. The standard InChI is InChI=1S/C17H14F4N2O3S/c1-10(9-27-13-5-2-11(18)3-6-13)16(24)22-15-7-4-12(23(25)26)8-14(15)17(19,20)21/h2-8,10H,9H2,1H3,(H,22,24). The van der Waals surface area contributed by atoms with Gasteiger partial charge in [-0.15, -0.1) is 11.8 Å². The van der Waals surface area contributed by atoms with Gasteiger partial charge in [-0.05, 0) is 30.3 Å². The van der Waals surface area contributed by atoms with Crippen LogP contribution in [0, 0.1) is 21.8 Å². The lowest BCUT2D eigenvalue weighted by Gasteiger charge is -2.16. The van der Waals surface area contributed by atoms with Crippen molar-refractivity contribution in [2.45, 2.75) is 18.0 Å². The summed E-state index contributed by atoms with van der Waals surface area (Å²) in [6.07, 6.45) is -4.86. The second-order valence-electron chi connectivity index (χ2n) is 5.64. The Morgan fingerprint density at radius 1 is 1.22 bits per heavy atom. The molecule has 0 aliphatic heterocycles. The Kier molecular flexibility index (Phi) is 6.42. The van der Waals surface area contributed by atoms with Crippen molar-refractivity contribution < 1.29 is 27.3 Å². The van der Waals surface area contributed by atoms with Crippen LogP contribution in [-0.2, 0) is 11.0 Å². The number of alkyl halides is 3. The number of nitro benzene ring substituents is 1. The van der Waals surface area contributed by atoms with Crippen LogP contribution in [0.1, 0.15) is 12.5 Å². The third-order valence-electron chi connectivity index (χ3n) is 3.54. The monoisotopic (exact) mass is 402 g/mol. The second kappa shape index (κ2) is 8.38. The first-order valence-corrected chi connectivity index (χ1v) is 8.61. The maximum atomic E-state index is 13.1. The van der Waals surface area contributed by atoms with Gasteiger partial charge in [-0.25, -0.2) is 4.39 Å². The summed E-state index contributed by atoms with van der Waals surface area (Å²) < 4.78 is 52.3. The van der Waals surface area contributed by atoms with Crippen LogP contribution in [0.5, 0.6) is 0 Å². The smallest absolute Gasteiger partial charge is 0.325 e. The zero-order chi connectivity index (χ0) is 20.2. The number of hydrogen-bond acceptors (Lipinski definition) is 4. The number of carbonyl (C=O) groups is 1. The fraction of sp³-hybridized carbons (Fsp3) is 0.235. The fourth-order valence-corrected chi connectivity index (χ4v) is 3.00. The Hall–Kier alpha value is -2.62. The van der Waals surface area contributed by atoms with Gasteiger partial charge in [-0.3, -0.25) is 14.9 Å². The van der Waals surface area contributed by atoms with Crippen LogP contribution in [0.4, 0.5) is 28.9 Å². The highest BCUT2D eigenvalue weighted by molar-refractivity contribution is 7.99. The quantitative estimate of drug-likeness (QED) is 0.315. The number of nitro groups is 1. The minimum Gasteiger partial charge on any atom is -0.325 e. The van der Waals surface area contributed by atoms with Crippen molar-refractivity contribution in [2.24, 2.45) is 5.92 Å². The zero-order valence-electron chi connectivity index (χ0n) is 13.9. The fourth-order valence-electron chi connectivity index (χ4n) is 2.07. The summed E-state index contributed by atoms with van der Waals surface area (Å²) in [6, 6.07) is 7.72. The van der Waals surface area contributed by atoms with E-state index in [4.69, 9.17) is 0 Å². The van der Waals surface area contributed by atoms with Crippen LogP contribution >= 0.6 is 11.8 Å². The number of anilines is 1. The summed E-state index contributed by atoms with van der Waals surface area (Å²) in [6.45, 7) is 1.53. The Labute approximate surface area is 155 Å². The molecule has 144 valence electrons.